The average Bonchev–Trinajstić information content (AvgIpc) is 2.78. The van der Waals surface area contributed by atoms with Crippen LogP contribution in [0.2, 0.25) is 0 Å². The number of morpholine rings is 1. The minimum absolute atomic E-state index is 0.0134. The van der Waals surface area contributed by atoms with Crippen LogP contribution in [0, 0.1) is 5.92 Å². The minimum atomic E-state index is -0.0134. The van der Waals surface area contributed by atoms with Gasteiger partial charge in [-0.2, -0.15) is 0 Å². The molecule has 4 aliphatic rings. The molecule has 0 unspecified atom stereocenters. The molecular formula is C18H30N4O3. The molecule has 0 aromatic rings. The second-order valence-corrected chi connectivity index (χ2v) is 7.78. The third-order valence-corrected chi connectivity index (χ3v) is 6.22. The molecule has 3 heterocycles. The van der Waals surface area contributed by atoms with Gasteiger partial charge in [-0.25, -0.2) is 4.79 Å². The molecular weight excluding hydrogens is 320 g/mol. The van der Waals surface area contributed by atoms with Crippen molar-refractivity contribution in [3.63, 3.8) is 0 Å². The second-order valence-electron chi connectivity index (χ2n) is 7.78. The summed E-state index contributed by atoms with van der Waals surface area (Å²) in [5.74, 6) is 0.180. The van der Waals surface area contributed by atoms with E-state index in [0.29, 0.717) is 39.4 Å². The van der Waals surface area contributed by atoms with Crippen molar-refractivity contribution < 1.29 is 14.3 Å². The SMILES string of the molecule is O=C(C1CN(C(=O)N2CCCN(C3CCC3)CC2)C1)N1CCOCC1. The average molecular weight is 350 g/mol. The number of urea groups is 1. The van der Waals surface area contributed by atoms with Crippen LogP contribution in [0.5, 0.6) is 0 Å². The molecule has 25 heavy (non-hydrogen) atoms. The summed E-state index contributed by atoms with van der Waals surface area (Å²) in [6.07, 6.45) is 5.07. The van der Waals surface area contributed by atoms with Crippen LogP contribution in [-0.2, 0) is 9.53 Å². The first-order valence-electron chi connectivity index (χ1n) is 9.87. The molecule has 0 bridgehead atoms. The number of carbonyl (C=O) groups excluding carboxylic acids is 2. The monoisotopic (exact) mass is 350 g/mol. The van der Waals surface area contributed by atoms with Gasteiger partial charge in [-0.1, -0.05) is 6.42 Å². The fourth-order valence-electron chi connectivity index (χ4n) is 4.28. The van der Waals surface area contributed by atoms with Gasteiger partial charge in [0.05, 0.1) is 19.1 Å². The Morgan fingerprint density at radius 1 is 0.760 bits per heavy atom. The molecule has 1 aliphatic carbocycles. The van der Waals surface area contributed by atoms with Gasteiger partial charge >= 0.3 is 6.03 Å². The summed E-state index contributed by atoms with van der Waals surface area (Å²) in [5, 5.41) is 0. The van der Waals surface area contributed by atoms with Crippen LogP contribution >= 0.6 is 0 Å². The molecule has 3 amide bonds. The van der Waals surface area contributed by atoms with Gasteiger partial charge in [0.15, 0.2) is 0 Å². The lowest BCUT2D eigenvalue weighted by Gasteiger charge is -2.43. The molecule has 0 aromatic heterocycles. The standard InChI is InChI=1S/C18H30N4O3/c23-17(20-9-11-25-12-10-20)15-13-22(14-15)18(24)21-6-2-5-19(7-8-21)16-3-1-4-16/h15-16H,1-14H2. The summed E-state index contributed by atoms with van der Waals surface area (Å²) in [5.41, 5.74) is 0. The lowest BCUT2D eigenvalue weighted by Crippen LogP contribution is -2.60. The molecule has 7 heteroatoms. The van der Waals surface area contributed by atoms with Crippen LogP contribution in [0.1, 0.15) is 25.7 Å². The van der Waals surface area contributed by atoms with Crippen molar-refractivity contribution in [2.75, 3.05) is 65.6 Å². The van der Waals surface area contributed by atoms with Gasteiger partial charge < -0.3 is 19.4 Å². The van der Waals surface area contributed by atoms with Crippen molar-refractivity contribution in [2.24, 2.45) is 5.92 Å². The van der Waals surface area contributed by atoms with Crippen molar-refractivity contribution in [3.8, 4) is 0 Å². The fourth-order valence-corrected chi connectivity index (χ4v) is 4.28. The van der Waals surface area contributed by atoms with Gasteiger partial charge in [0.25, 0.3) is 0 Å². The molecule has 0 spiro atoms. The minimum Gasteiger partial charge on any atom is -0.378 e. The number of hydrogen-bond acceptors (Lipinski definition) is 4. The quantitative estimate of drug-likeness (QED) is 0.726. The van der Waals surface area contributed by atoms with Crippen molar-refractivity contribution in [1.82, 2.24) is 19.6 Å². The van der Waals surface area contributed by atoms with Crippen molar-refractivity contribution in [3.05, 3.63) is 0 Å². The molecule has 4 rings (SSSR count). The van der Waals surface area contributed by atoms with E-state index in [1.165, 1.54) is 19.3 Å². The van der Waals surface area contributed by atoms with Gasteiger partial charge in [0, 0.05) is 58.4 Å². The number of likely N-dealkylation sites (tertiary alicyclic amines) is 1. The molecule has 0 aromatic carbocycles. The van der Waals surface area contributed by atoms with Crippen molar-refractivity contribution in [1.29, 1.82) is 0 Å². The zero-order valence-electron chi connectivity index (χ0n) is 15.1. The molecule has 0 atom stereocenters. The highest BCUT2D eigenvalue weighted by molar-refractivity contribution is 5.84. The number of hydrogen-bond donors (Lipinski definition) is 0. The fraction of sp³-hybridized carbons (Fsp3) is 0.889. The number of ether oxygens (including phenoxy) is 1. The van der Waals surface area contributed by atoms with E-state index in [1.54, 1.807) is 0 Å². The molecule has 3 aliphatic heterocycles. The van der Waals surface area contributed by atoms with Gasteiger partial charge in [0.1, 0.15) is 0 Å². The summed E-state index contributed by atoms with van der Waals surface area (Å²) in [6.45, 7) is 7.59. The first-order chi connectivity index (χ1) is 12.2. The van der Waals surface area contributed by atoms with Crippen molar-refractivity contribution in [2.45, 2.75) is 31.7 Å². The summed E-state index contributed by atoms with van der Waals surface area (Å²) in [4.78, 5) is 33.5. The number of amides is 3. The Labute approximate surface area is 149 Å². The van der Waals surface area contributed by atoms with E-state index >= 15 is 0 Å². The predicted octanol–water partition coefficient (Wildman–Crippen LogP) is 0.457. The van der Waals surface area contributed by atoms with Gasteiger partial charge in [-0.05, 0) is 19.3 Å². The van der Waals surface area contributed by atoms with Gasteiger partial charge in [-0.15, -0.1) is 0 Å². The Kier molecular flexibility index (Phi) is 5.12. The lowest BCUT2D eigenvalue weighted by molar-refractivity contribution is -0.144. The van der Waals surface area contributed by atoms with Crippen LogP contribution in [0.25, 0.3) is 0 Å². The highest BCUT2D eigenvalue weighted by Crippen LogP contribution is 2.26. The maximum absolute atomic E-state index is 12.7. The molecule has 1 saturated carbocycles. The summed E-state index contributed by atoms with van der Waals surface area (Å²) >= 11 is 0. The first kappa shape index (κ1) is 17.1. The topological polar surface area (TPSA) is 56.3 Å². The summed E-state index contributed by atoms with van der Waals surface area (Å²) in [7, 11) is 0. The zero-order chi connectivity index (χ0) is 17.2. The van der Waals surface area contributed by atoms with Crippen LogP contribution in [0.4, 0.5) is 4.79 Å². The number of rotatable bonds is 2. The Balaban J connectivity index is 1.23. The molecule has 140 valence electrons. The molecule has 3 saturated heterocycles. The van der Waals surface area contributed by atoms with Crippen LogP contribution < -0.4 is 0 Å². The Morgan fingerprint density at radius 3 is 2.20 bits per heavy atom. The third-order valence-electron chi connectivity index (χ3n) is 6.22. The highest BCUT2D eigenvalue weighted by atomic mass is 16.5. The maximum Gasteiger partial charge on any atom is 0.320 e. The summed E-state index contributed by atoms with van der Waals surface area (Å²) < 4.78 is 5.30. The molecule has 4 fully saturated rings. The lowest BCUT2D eigenvalue weighted by atomic mass is 9.91. The van der Waals surface area contributed by atoms with Crippen molar-refractivity contribution >= 4 is 11.9 Å². The van der Waals surface area contributed by atoms with E-state index < -0.39 is 0 Å². The zero-order valence-corrected chi connectivity index (χ0v) is 15.1. The van der Waals surface area contributed by atoms with Gasteiger partial charge in [0.2, 0.25) is 5.91 Å². The normalized spacial score (nSPS) is 26.8. The van der Waals surface area contributed by atoms with E-state index in [1.807, 2.05) is 14.7 Å². The van der Waals surface area contributed by atoms with E-state index in [-0.39, 0.29) is 17.9 Å². The number of carbonyl (C=O) groups is 2. The largest absolute Gasteiger partial charge is 0.378 e. The Bertz CT molecular complexity index is 499. The van der Waals surface area contributed by atoms with E-state index in [9.17, 15) is 9.59 Å². The molecule has 0 N–H and O–H groups in total. The Morgan fingerprint density at radius 2 is 1.52 bits per heavy atom. The van der Waals surface area contributed by atoms with Gasteiger partial charge in [-0.3, -0.25) is 9.69 Å². The Hall–Kier alpha value is -1.34. The van der Waals surface area contributed by atoms with E-state index in [4.69, 9.17) is 4.74 Å². The summed E-state index contributed by atoms with van der Waals surface area (Å²) in [6, 6.07) is 0.885. The first-order valence-corrected chi connectivity index (χ1v) is 9.87. The smallest absolute Gasteiger partial charge is 0.320 e. The van der Waals surface area contributed by atoms with Crippen LogP contribution in [0.15, 0.2) is 0 Å². The maximum atomic E-state index is 12.7. The molecule has 0 radical (unpaired) electrons. The number of nitrogens with zero attached hydrogens (tertiary/aromatic N) is 4. The third kappa shape index (κ3) is 3.62. The molecule has 7 nitrogen and oxygen atoms in total. The van der Waals surface area contributed by atoms with E-state index in [2.05, 4.69) is 4.90 Å². The van der Waals surface area contributed by atoms with Crippen LogP contribution in [-0.4, -0.2) is 103 Å². The second kappa shape index (κ2) is 7.50. The highest BCUT2D eigenvalue weighted by Gasteiger charge is 2.40. The van der Waals surface area contributed by atoms with Crippen LogP contribution in [0.3, 0.4) is 0 Å². The predicted molar refractivity (Wildman–Crippen MR) is 93.3 cm³/mol. The van der Waals surface area contributed by atoms with E-state index in [0.717, 1.165) is 38.6 Å².